The average molecular weight is 560 g/mol. The van der Waals surface area contributed by atoms with Gasteiger partial charge in [0.1, 0.15) is 5.76 Å². The maximum absolute atomic E-state index is 13.8. The molecular weight excluding hydrogens is 518 g/mol. The summed E-state index contributed by atoms with van der Waals surface area (Å²) in [5.41, 5.74) is -1.42. The number of methoxy groups -OCH3 is 1. The van der Waals surface area contributed by atoms with Crippen LogP contribution in [0.15, 0.2) is 24.0 Å². The Labute approximate surface area is 235 Å². The van der Waals surface area contributed by atoms with Crippen LogP contribution < -0.4 is 9.47 Å². The van der Waals surface area contributed by atoms with Crippen LogP contribution in [0.2, 0.25) is 0 Å². The van der Waals surface area contributed by atoms with Gasteiger partial charge in [-0.2, -0.15) is 0 Å². The van der Waals surface area contributed by atoms with E-state index in [1.165, 1.54) is 0 Å². The van der Waals surface area contributed by atoms with E-state index in [1.54, 1.807) is 27.9 Å². The van der Waals surface area contributed by atoms with E-state index in [0.29, 0.717) is 30.1 Å². The van der Waals surface area contributed by atoms with Crippen molar-refractivity contribution >= 4 is 11.9 Å². The van der Waals surface area contributed by atoms with Crippen molar-refractivity contribution in [3.63, 3.8) is 0 Å². The van der Waals surface area contributed by atoms with Gasteiger partial charge in [-0.15, -0.1) is 0 Å². The van der Waals surface area contributed by atoms with E-state index in [0.717, 1.165) is 43.5 Å². The van der Waals surface area contributed by atoms with Crippen LogP contribution in [-0.2, 0) is 30.2 Å². The molecule has 4 aliphatic rings. The number of rotatable bonds is 10. The van der Waals surface area contributed by atoms with Gasteiger partial charge in [0, 0.05) is 6.54 Å². The lowest BCUT2D eigenvalue weighted by Crippen LogP contribution is -2.49. The van der Waals surface area contributed by atoms with Crippen molar-refractivity contribution in [1.29, 1.82) is 0 Å². The van der Waals surface area contributed by atoms with E-state index in [1.807, 2.05) is 12.1 Å². The first-order valence-corrected chi connectivity index (χ1v) is 14.3. The summed E-state index contributed by atoms with van der Waals surface area (Å²) in [7, 11) is 1.56. The fourth-order valence-electron chi connectivity index (χ4n) is 6.85. The smallest absolute Gasteiger partial charge is 0.339 e. The Morgan fingerprint density at radius 2 is 1.90 bits per heavy atom. The fourth-order valence-corrected chi connectivity index (χ4v) is 6.85. The number of benzene rings is 1. The molecule has 1 aromatic rings. The predicted octanol–water partition coefficient (Wildman–Crippen LogP) is 2.97. The third-order valence-electron chi connectivity index (χ3n) is 8.70. The minimum atomic E-state index is -2.12. The van der Waals surface area contributed by atoms with Crippen LogP contribution in [0, 0.1) is 0 Å². The Hall–Kier alpha value is -2.82. The van der Waals surface area contributed by atoms with Crippen LogP contribution in [-0.4, -0.2) is 83.5 Å². The van der Waals surface area contributed by atoms with Crippen LogP contribution >= 0.6 is 0 Å². The van der Waals surface area contributed by atoms with Gasteiger partial charge in [-0.3, -0.25) is 9.69 Å². The number of carbonyl (C=O) groups excluding carboxylic acids is 2. The van der Waals surface area contributed by atoms with Crippen molar-refractivity contribution in [3.05, 3.63) is 35.1 Å². The van der Waals surface area contributed by atoms with Gasteiger partial charge in [-0.1, -0.05) is 0 Å². The van der Waals surface area contributed by atoms with Gasteiger partial charge in [0.05, 0.1) is 37.2 Å². The Bertz CT molecular complexity index is 1170. The van der Waals surface area contributed by atoms with Crippen molar-refractivity contribution in [3.8, 4) is 11.5 Å². The molecule has 0 saturated carbocycles. The molecule has 2 N–H and O–H groups in total. The molecule has 1 unspecified atom stereocenters. The molecule has 5 rings (SSSR count). The third-order valence-corrected chi connectivity index (χ3v) is 8.70. The van der Waals surface area contributed by atoms with Crippen molar-refractivity contribution in [2.75, 3.05) is 33.6 Å². The largest absolute Gasteiger partial charge is 0.497 e. The number of aliphatic hydroxyl groups is 2. The van der Waals surface area contributed by atoms with Crippen molar-refractivity contribution in [2.24, 2.45) is 0 Å². The molecule has 1 aromatic carbocycles. The summed E-state index contributed by atoms with van der Waals surface area (Å²) in [6, 6.07) is 4.01. The Morgan fingerprint density at radius 1 is 1.15 bits per heavy atom. The summed E-state index contributed by atoms with van der Waals surface area (Å²) >= 11 is 0. The van der Waals surface area contributed by atoms with E-state index < -0.39 is 41.2 Å². The highest BCUT2D eigenvalue weighted by atomic mass is 16.7. The van der Waals surface area contributed by atoms with Crippen molar-refractivity contribution in [1.82, 2.24) is 4.90 Å². The zero-order valence-corrected chi connectivity index (χ0v) is 23.9. The number of hydrogen-bond donors (Lipinski definition) is 2. The maximum Gasteiger partial charge on any atom is 0.339 e. The van der Waals surface area contributed by atoms with Crippen molar-refractivity contribution < 1.29 is 43.5 Å². The van der Waals surface area contributed by atoms with E-state index in [2.05, 4.69) is 11.0 Å². The fraction of sp³-hybridized carbons (Fsp3) is 0.667. The molecular formula is C30H41NO9. The quantitative estimate of drug-likeness (QED) is 0.414. The standard InChI is InChI=1S/C30H41NO9/c1-5-37-24(32)17-30(35,11-6-9-28(2,3)34)27(33)40-26-23(36-4)16-29-10-7-12-31(29)13-8-19-14-21-22(39-18-38-21)15-20(19)25(26)29/h14-16,25-26,34-35H,5-13,17-18H2,1-4H3/t25-,26?,29+,30-/m1/s1. The number of hydrogen-bond acceptors (Lipinski definition) is 10. The Morgan fingerprint density at radius 3 is 2.60 bits per heavy atom. The number of nitrogens with zero attached hydrogens (tertiary/aromatic N) is 1. The molecule has 0 aromatic heterocycles. The molecule has 0 radical (unpaired) electrons. The van der Waals surface area contributed by atoms with E-state index in [4.69, 9.17) is 23.7 Å². The van der Waals surface area contributed by atoms with Crippen LogP contribution in [0.5, 0.6) is 11.5 Å². The summed E-state index contributed by atoms with van der Waals surface area (Å²) in [6.45, 7) is 7.01. The van der Waals surface area contributed by atoms with Crippen LogP contribution in [0.3, 0.4) is 0 Å². The molecule has 40 heavy (non-hydrogen) atoms. The van der Waals surface area contributed by atoms with E-state index >= 15 is 0 Å². The molecule has 220 valence electrons. The molecule has 3 heterocycles. The molecule has 10 nitrogen and oxygen atoms in total. The number of carbonyl (C=O) groups is 2. The van der Waals surface area contributed by atoms with Gasteiger partial charge in [0.2, 0.25) is 6.79 Å². The molecule has 3 aliphatic heterocycles. The lowest BCUT2D eigenvalue weighted by Gasteiger charge is -2.39. The van der Waals surface area contributed by atoms with Gasteiger partial charge in [-0.25, -0.2) is 4.79 Å². The van der Waals surface area contributed by atoms with Gasteiger partial charge in [0.15, 0.2) is 23.2 Å². The first-order valence-electron chi connectivity index (χ1n) is 14.3. The van der Waals surface area contributed by atoms with Gasteiger partial charge in [-0.05, 0) is 95.2 Å². The second-order valence-corrected chi connectivity index (χ2v) is 12.0. The summed E-state index contributed by atoms with van der Waals surface area (Å²) in [5, 5.41) is 21.8. The van der Waals surface area contributed by atoms with Gasteiger partial charge in [0.25, 0.3) is 0 Å². The summed E-state index contributed by atoms with van der Waals surface area (Å²) < 4.78 is 28.5. The summed E-state index contributed by atoms with van der Waals surface area (Å²) in [6.07, 6.45) is 3.97. The highest BCUT2D eigenvalue weighted by Crippen LogP contribution is 2.55. The first kappa shape index (κ1) is 28.7. The maximum atomic E-state index is 13.8. The first-order chi connectivity index (χ1) is 19.0. The molecule has 1 spiro atoms. The Balaban J connectivity index is 1.49. The van der Waals surface area contributed by atoms with Crippen LogP contribution in [0.1, 0.15) is 76.3 Å². The molecule has 10 heteroatoms. The number of esters is 2. The number of ether oxygens (including phenoxy) is 5. The topological polar surface area (TPSA) is 124 Å². The van der Waals surface area contributed by atoms with Crippen molar-refractivity contribution in [2.45, 2.75) is 94.5 Å². The molecule has 0 bridgehead atoms. The highest BCUT2D eigenvalue weighted by molar-refractivity contribution is 5.86. The molecule has 1 aliphatic carbocycles. The summed E-state index contributed by atoms with van der Waals surface area (Å²) in [5.74, 6) is -0.0176. The van der Waals surface area contributed by atoms with Gasteiger partial charge < -0.3 is 33.9 Å². The minimum Gasteiger partial charge on any atom is -0.497 e. The van der Waals surface area contributed by atoms with Crippen LogP contribution in [0.4, 0.5) is 0 Å². The lowest BCUT2D eigenvalue weighted by molar-refractivity contribution is -0.179. The molecule has 1 fully saturated rings. The van der Waals surface area contributed by atoms with Gasteiger partial charge >= 0.3 is 11.9 Å². The zero-order chi connectivity index (χ0) is 28.7. The Kier molecular flexibility index (Phi) is 7.80. The summed E-state index contributed by atoms with van der Waals surface area (Å²) in [4.78, 5) is 28.7. The number of fused-ring (bicyclic) bond motifs is 3. The second kappa shape index (κ2) is 10.9. The monoisotopic (exact) mass is 559 g/mol. The molecule has 4 atom stereocenters. The zero-order valence-electron chi connectivity index (χ0n) is 23.9. The SMILES string of the molecule is CCOC(=O)C[C@](O)(CCCC(C)(C)O)C(=O)OC1C(OC)=C[C@]23CCCN2CCc2cc4c(cc2[C@H]13)OCO4. The third kappa shape index (κ3) is 5.29. The normalized spacial score (nSPS) is 26.6. The molecule has 1 saturated heterocycles. The lowest BCUT2D eigenvalue weighted by atomic mass is 9.77. The molecule has 0 amide bonds. The predicted molar refractivity (Wildman–Crippen MR) is 144 cm³/mol. The highest BCUT2D eigenvalue weighted by Gasteiger charge is 2.59. The van der Waals surface area contributed by atoms with E-state index in [-0.39, 0.29) is 25.7 Å². The van der Waals surface area contributed by atoms with Crippen LogP contribution in [0.25, 0.3) is 0 Å². The van der Waals surface area contributed by atoms with E-state index in [9.17, 15) is 19.8 Å². The minimum absolute atomic E-state index is 0.0649. The average Bonchev–Trinajstić information content (AvgIpc) is 3.57. The second-order valence-electron chi connectivity index (χ2n) is 12.0.